The first kappa shape index (κ1) is 19.7. The number of aryl methyl sites for hydroxylation is 1. The van der Waals surface area contributed by atoms with Crippen LogP contribution in [0.15, 0.2) is 30.3 Å². The lowest BCUT2D eigenvalue weighted by Crippen LogP contribution is -2.12. The Kier molecular flexibility index (Phi) is 5.73. The molecule has 3 rings (SSSR count). The summed E-state index contributed by atoms with van der Waals surface area (Å²) in [6, 6.07) is 7.11. The van der Waals surface area contributed by atoms with Crippen molar-refractivity contribution in [1.29, 1.82) is 0 Å². The molecule has 0 saturated carbocycles. The molecule has 142 valence electrons. The fraction of sp³-hybridized carbons (Fsp3) is 0.263. The van der Waals surface area contributed by atoms with Crippen molar-refractivity contribution >= 4 is 39.3 Å². The average Bonchev–Trinajstić information content (AvgIpc) is 2.61. The molecule has 27 heavy (non-hydrogen) atoms. The van der Waals surface area contributed by atoms with E-state index in [0.717, 1.165) is 15.0 Å². The molecule has 2 aromatic carbocycles. The molecule has 1 aromatic heterocycles. The molecule has 1 heterocycles. The zero-order valence-corrected chi connectivity index (χ0v) is 17.0. The van der Waals surface area contributed by atoms with Crippen LogP contribution in [-0.2, 0) is 0 Å². The van der Waals surface area contributed by atoms with E-state index in [9.17, 15) is 13.2 Å². The van der Waals surface area contributed by atoms with Gasteiger partial charge in [0.25, 0.3) is 6.43 Å². The van der Waals surface area contributed by atoms with E-state index in [1.807, 2.05) is 6.07 Å². The van der Waals surface area contributed by atoms with Crippen LogP contribution >= 0.6 is 22.6 Å². The van der Waals surface area contributed by atoms with E-state index in [-0.39, 0.29) is 5.56 Å². The van der Waals surface area contributed by atoms with Crippen molar-refractivity contribution in [2.45, 2.75) is 26.3 Å². The monoisotopic (exact) mass is 487 g/mol. The van der Waals surface area contributed by atoms with Crippen molar-refractivity contribution in [3.8, 4) is 5.75 Å². The van der Waals surface area contributed by atoms with Crippen LogP contribution < -0.4 is 10.1 Å². The number of hydrogen-bond donors (Lipinski definition) is 1. The Hall–Kier alpha value is -2.10. The van der Waals surface area contributed by atoms with Crippen LogP contribution in [0.4, 0.5) is 19.0 Å². The van der Waals surface area contributed by atoms with E-state index in [1.54, 1.807) is 27.0 Å². The molecule has 0 aliphatic carbocycles. The second-order valence-corrected chi connectivity index (χ2v) is 7.20. The number of benzene rings is 2. The van der Waals surface area contributed by atoms with Crippen molar-refractivity contribution in [3.63, 3.8) is 0 Å². The molecule has 0 saturated heterocycles. The number of fused-ring (bicyclic) bond motifs is 1. The molecular formula is C19H17F3IN3O. The first-order valence-corrected chi connectivity index (χ1v) is 9.24. The Morgan fingerprint density at radius 1 is 1.15 bits per heavy atom. The number of halogens is 4. The van der Waals surface area contributed by atoms with Gasteiger partial charge in [-0.05, 0) is 42.5 Å². The number of anilines is 1. The average molecular weight is 487 g/mol. The summed E-state index contributed by atoms with van der Waals surface area (Å²) in [4.78, 5) is 8.83. The topological polar surface area (TPSA) is 47.0 Å². The van der Waals surface area contributed by atoms with Crippen LogP contribution in [-0.4, -0.2) is 17.1 Å². The van der Waals surface area contributed by atoms with E-state index in [4.69, 9.17) is 4.74 Å². The van der Waals surface area contributed by atoms with Crippen LogP contribution in [0.2, 0.25) is 0 Å². The van der Waals surface area contributed by atoms with E-state index in [2.05, 4.69) is 37.9 Å². The largest absolute Gasteiger partial charge is 0.496 e. The summed E-state index contributed by atoms with van der Waals surface area (Å²) in [6.07, 6.45) is -2.87. The maximum atomic E-state index is 14.5. The highest BCUT2D eigenvalue weighted by molar-refractivity contribution is 14.1. The van der Waals surface area contributed by atoms with E-state index in [0.29, 0.717) is 22.9 Å². The van der Waals surface area contributed by atoms with Crippen LogP contribution in [0.1, 0.15) is 36.3 Å². The van der Waals surface area contributed by atoms with E-state index < -0.39 is 23.8 Å². The highest BCUT2D eigenvalue weighted by Gasteiger charge is 2.20. The number of nitrogens with one attached hydrogen (secondary N) is 1. The summed E-state index contributed by atoms with van der Waals surface area (Å²) in [5, 5.41) is 3.87. The number of ether oxygens (including phenoxy) is 1. The molecule has 0 fully saturated rings. The van der Waals surface area contributed by atoms with Crippen molar-refractivity contribution in [1.82, 2.24) is 9.97 Å². The molecule has 0 aliphatic heterocycles. The first-order valence-electron chi connectivity index (χ1n) is 8.16. The Labute approximate surface area is 168 Å². The summed E-state index contributed by atoms with van der Waals surface area (Å²) < 4.78 is 46.6. The molecule has 0 unspecified atom stereocenters. The molecule has 1 atom stereocenters. The van der Waals surface area contributed by atoms with Gasteiger partial charge in [-0.2, -0.15) is 0 Å². The van der Waals surface area contributed by atoms with Gasteiger partial charge in [0, 0.05) is 17.0 Å². The molecule has 0 spiro atoms. The first-order chi connectivity index (χ1) is 12.8. The Morgan fingerprint density at radius 3 is 2.52 bits per heavy atom. The number of rotatable bonds is 5. The van der Waals surface area contributed by atoms with Crippen LogP contribution in [0, 0.1) is 16.3 Å². The van der Waals surface area contributed by atoms with Crippen LogP contribution in [0.25, 0.3) is 10.9 Å². The summed E-state index contributed by atoms with van der Waals surface area (Å²) in [5.41, 5.74) is 0.223. The lowest BCUT2D eigenvalue weighted by Gasteiger charge is -2.19. The Bertz CT molecular complexity index is 998. The molecule has 4 nitrogen and oxygen atoms in total. The second kappa shape index (κ2) is 7.87. The van der Waals surface area contributed by atoms with Crippen LogP contribution in [0.5, 0.6) is 5.75 Å². The fourth-order valence-corrected chi connectivity index (χ4v) is 3.55. The van der Waals surface area contributed by atoms with Crippen molar-refractivity contribution in [2.24, 2.45) is 0 Å². The molecule has 8 heteroatoms. The summed E-state index contributed by atoms with van der Waals surface area (Å²) in [7, 11) is 1.58. The summed E-state index contributed by atoms with van der Waals surface area (Å²) in [5.74, 6) is 0.824. The lowest BCUT2D eigenvalue weighted by atomic mass is 10.0. The summed E-state index contributed by atoms with van der Waals surface area (Å²) >= 11 is 2.14. The standard InChI is InChI=1S/C19H17F3IN3O/c1-9(11-5-4-6-12(17(11)20)18(21)22)24-19-13-7-14(23)16(27-3)8-15(13)25-10(2)26-19/h4-9,18H,1-3H3,(H,24,25,26)/t9-/m1/s1. The minimum Gasteiger partial charge on any atom is -0.496 e. The van der Waals surface area contributed by atoms with Crippen molar-refractivity contribution < 1.29 is 17.9 Å². The predicted molar refractivity (Wildman–Crippen MR) is 107 cm³/mol. The van der Waals surface area contributed by atoms with Gasteiger partial charge in [0.15, 0.2) is 0 Å². The van der Waals surface area contributed by atoms with E-state index in [1.165, 1.54) is 12.1 Å². The van der Waals surface area contributed by atoms with Gasteiger partial charge in [-0.1, -0.05) is 18.2 Å². The minimum atomic E-state index is -2.87. The number of hydrogen-bond acceptors (Lipinski definition) is 4. The Balaban J connectivity index is 2.04. The molecule has 3 aromatic rings. The molecule has 0 bridgehead atoms. The normalized spacial score (nSPS) is 12.4. The van der Waals surface area contributed by atoms with Crippen molar-refractivity contribution in [2.75, 3.05) is 12.4 Å². The summed E-state index contributed by atoms with van der Waals surface area (Å²) in [6.45, 7) is 3.45. The SMILES string of the molecule is COc1cc2nc(C)nc(N[C@H](C)c3cccc(C(F)F)c3F)c2cc1I. The van der Waals surface area contributed by atoms with Gasteiger partial charge in [-0.3, -0.25) is 0 Å². The Morgan fingerprint density at radius 2 is 1.85 bits per heavy atom. The predicted octanol–water partition coefficient (Wildman–Crippen LogP) is 5.80. The molecular weight excluding hydrogens is 470 g/mol. The zero-order chi connectivity index (χ0) is 19.7. The van der Waals surface area contributed by atoms with Gasteiger partial charge in [0.1, 0.15) is 23.2 Å². The highest BCUT2D eigenvalue weighted by Crippen LogP contribution is 2.33. The third-order valence-corrected chi connectivity index (χ3v) is 5.04. The van der Waals surface area contributed by atoms with Gasteiger partial charge in [-0.25, -0.2) is 23.1 Å². The molecule has 0 aliphatic rings. The minimum absolute atomic E-state index is 0.153. The maximum absolute atomic E-state index is 14.5. The van der Waals surface area contributed by atoms with Gasteiger partial charge in [-0.15, -0.1) is 0 Å². The molecule has 0 amide bonds. The quantitative estimate of drug-likeness (QED) is 0.463. The second-order valence-electron chi connectivity index (χ2n) is 6.04. The highest BCUT2D eigenvalue weighted by atomic mass is 127. The number of aromatic nitrogens is 2. The zero-order valence-electron chi connectivity index (χ0n) is 14.9. The van der Waals surface area contributed by atoms with Crippen LogP contribution in [0.3, 0.4) is 0 Å². The van der Waals surface area contributed by atoms with E-state index >= 15 is 0 Å². The molecule has 1 N–H and O–H groups in total. The van der Waals surface area contributed by atoms with Gasteiger partial charge >= 0.3 is 0 Å². The van der Waals surface area contributed by atoms with Gasteiger partial charge in [0.2, 0.25) is 0 Å². The van der Waals surface area contributed by atoms with Crippen molar-refractivity contribution in [3.05, 3.63) is 56.7 Å². The smallest absolute Gasteiger partial charge is 0.266 e. The third kappa shape index (κ3) is 3.95. The maximum Gasteiger partial charge on any atom is 0.266 e. The third-order valence-electron chi connectivity index (χ3n) is 4.19. The molecule has 0 radical (unpaired) electrons. The number of alkyl halides is 2. The fourth-order valence-electron chi connectivity index (χ4n) is 2.87. The van der Waals surface area contributed by atoms with Gasteiger partial charge in [0.05, 0.1) is 27.8 Å². The number of methoxy groups -OCH3 is 1. The number of nitrogens with zero attached hydrogens (tertiary/aromatic N) is 2. The van der Waals surface area contributed by atoms with Gasteiger partial charge < -0.3 is 10.1 Å². The lowest BCUT2D eigenvalue weighted by molar-refractivity contribution is 0.146.